The highest BCUT2D eigenvalue weighted by atomic mass is 19.1. The third-order valence-electron chi connectivity index (χ3n) is 3.12. The standard InChI is InChI=1S/C13H17FN2O2/c1-2-18-10-5-8-16(9-6-10)13(17)11-4-3-7-15-12(11)14/h3-4,7,10H,2,5-6,8-9H2,1H3. The van der Waals surface area contributed by atoms with Crippen molar-refractivity contribution in [2.75, 3.05) is 19.7 Å². The summed E-state index contributed by atoms with van der Waals surface area (Å²) in [5.41, 5.74) is 0.0485. The molecule has 1 aliphatic rings. The number of ether oxygens (including phenoxy) is 1. The largest absolute Gasteiger partial charge is 0.378 e. The highest BCUT2D eigenvalue weighted by Crippen LogP contribution is 2.16. The minimum absolute atomic E-state index is 0.0485. The number of halogens is 1. The predicted octanol–water partition coefficient (Wildman–Crippen LogP) is 1.86. The van der Waals surface area contributed by atoms with Crippen LogP contribution in [0.3, 0.4) is 0 Å². The van der Waals surface area contributed by atoms with Gasteiger partial charge >= 0.3 is 0 Å². The lowest BCUT2D eigenvalue weighted by Crippen LogP contribution is -2.41. The van der Waals surface area contributed by atoms with E-state index in [1.165, 1.54) is 12.3 Å². The van der Waals surface area contributed by atoms with Crippen LogP contribution in [0.4, 0.5) is 4.39 Å². The van der Waals surface area contributed by atoms with E-state index >= 15 is 0 Å². The zero-order valence-corrected chi connectivity index (χ0v) is 10.4. The maximum atomic E-state index is 13.4. The topological polar surface area (TPSA) is 42.4 Å². The Bertz CT molecular complexity index is 417. The second-order valence-corrected chi connectivity index (χ2v) is 4.29. The molecule has 1 fully saturated rings. The van der Waals surface area contributed by atoms with Crippen LogP contribution < -0.4 is 0 Å². The normalized spacial score (nSPS) is 16.9. The Morgan fingerprint density at radius 1 is 1.56 bits per heavy atom. The van der Waals surface area contributed by atoms with Crippen LogP contribution in [0.1, 0.15) is 30.1 Å². The maximum absolute atomic E-state index is 13.4. The Morgan fingerprint density at radius 3 is 2.89 bits per heavy atom. The first-order chi connectivity index (χ1) is 8.72. The van der Waals surface area contributed by atoms with Gasteiger partial charge in [-0.1, -0.05) is 0 Å². The van der Waals surface area contributed by atoms with Gasteiger partial charge in [-0.3, -0.25) is 4.79 Å². The number of carbonyl (C=O) groups is 1. The number of aromatic nitrogens is 1. The predicted molar refractivity (Wildman–Crippen MR) is 64.7 cm³/mol. The van der Waals surface area contributed by atoms with Gasteiger partial charge in [-0.25, -0.2) is 4.98 Å². The number of amides is 1. The average molecular weight is 252 g/mol. The third kappa shape index (κ3) is 2.85. The summed E-state index contributed by atoms with van der Waals surface area (Å²) in [6, 6.07) is 3.04. The molecule has 4 nitrogen and oxygen atoms in total. The van der Waals surface area contributed by atoms with Crippen molar-refractivity contribution in [2.45, 2.75) is 25.9 Å². The van der Waals surface area contributed by atoms with Gasteiger partial charge in [-0.15, -0.1) is 0 Å². The van der Waals surface area contributed by atoms with Gasteiger partial charge in [-0.05, 0) is 31.9 Å². The van der Waals surface area contributed by atoms with Gasteiger partial charge in [0.15, 0.2) is 0 Å². The van der Waals surface area contributed by atoms with Gasteiger partial charge in [0.25, 0.3) is 5.91 Å². The third-order valence-corrected chi connectivity index (χ3v) is 3.12. The van der Waals surface area contributed by atoms with Gasteiger partial charge in [0.2, 0.25) is 5.95 Å². The van der Waals surface area contributed by atoms with Gasteiger partial charge in [0.1, 0.15) is 0 Å². The molecule has 0 N–H and O–H groups in total. The van der Waals surface area contributed by atoms with E-state index in [4.69, 9.17) is 4.74 Å². The molecule has 1 aliphatic heterocycles. The molecule has 1 saturated heterocycles. The number of nitrogens with zero attached hydrogens (tertiary/aromatic N) is 2. The van der Waals surface area contributed by atoms with Crippen LogP contribution in [0, 0.1) is 5.95 Å². The number of hydrogen-bond donors (Lipinski definition) is 0. The van der Waals surface area contributed by atoms with Crippen LogP contribution >= 0.6 is 0 Å². The van der Waals surface area contributed by atoms with Crippen molar-refractivity contribution in [3.8, 4) is 0 Å². The van der Waals surface area contributed by atoms with Crippen molar-refractivity contribution < 1.29 is 13.9 Å². The van der Waals surface area contributed by atoms with Crippen molar-refractivity contribution in [3.63, 3.8) is 0 Å². The van der Waals surface area contributed by atoms with Crippen LogP contribution in [0.2, 0.25) is 0 Å². The number of hydrogen-bond acceptors (Lipinski definition) is 3. The summed E-state index contributed by atoms with van der Waals surface area (Å²) in [6.45, 7) is 3.87. The smallest absolute Gasteiger partial charge is 0.258 e. The molecule has 1 amide bonds. The summed E-state index contributed by atoms with van der Waals surface area (Å²) in [4.78, 5) is 17.3. The minimum atomic E-state index is -0.700. The fraction of sp³-hybridized carbons (Fsp3) is 0.538. The van der Waals surface area contributed by atoms with E-state index in [0.29, 0.717) is 19.7 Å². The molecule has 2 heterocycles. The number of likely N-dealkylation sites (tertiary alicyclic amines) is 1. The van der Waals surface area contributed by atoms with Crippen molar-refractivity contribution >= 4 is 5.91 Å². The lowest BCUT2D eigenvalue weighted by molar-refractivity contribution is 0.0144. The van der Waals surface area contributed by atoms with Gasteiger partial charge < -0.3 is 9.64 Å². The molecule has 1 aromatic rings. The fourth-order valence-electron chi connectivity index (χ4n) is 2.18. The Labute approximate surface area is 106 Å². The van der Waals surface area contributed by atoms with Crippen molar-refractivity contribution in [2.24, 2.45) is 0 Å². The fourth-order valence-corrected chi connectivity index (χ4v) is 2.18. The molecule has 0 spiro atoms. The Kier molecular flexibility index (Phi) is 4.25. The first-order valence-electron chi connectivity index (χ1n) is 6.23. The van der Waals surface area contributed by atoms with Crippen molar-refractivity contribution in [3.05, 3.63) is 29.8 Å². The van der Waals surface area contributed by atoms with Crippen LogP contribution in [-0.2, 0) is 4.74 Å². The molecule has 18 heavy (non-hydrogen) atoms. The number of piperidine rings is 1. The van der Waals surface area contributed by atoms with Gasteiger partial charge in [0.05, 0.1) is 11.7 Å². The number of rotatable bonds is 3. The van der Waals surface area contributed by atoms with Crippen LogP contribution in [-0.4, -0.2) is 41.6 Å². The molecule has 98 valence electrons. The van der Waals surface area contributed by atoms with E-state index in [1.807, 2.05) is 6.92 Å². The molecular formula is C13H17FN2O2. The Morgan fingerprint density at radius 2 is 2.28 bits per heavy atom. The van der Waals surface area contributed by atoms with Crippen LogP contribution in [0.25, 0.3) is 0 Å². The summed E-state index contributed by atoms with van der Waals surface area (Å²) in [6.07, 6.45) is 3.17. The number of pyridine rings is 1. The summed E-state index contributed by atoms with van der Waals surface area (Å²) < 4.78 is 18.9. The van der Waals surface area contributed by atoms with Crippen LogP contribution in [0.15, 0.2) is 18.3 Å². The zero-order valence-electron chi connectivity index (χ0n) is 10.4. The molecule has 0 unspecified atom stereocenters. The summed E-state index contributed by atoms with van der Waals surface area (Å²) in [5, 5.41) is 0. The number of carbonyl (C=O) groups excluding carboxylic acids is 1. The molecular weight excluding hydrogens is 235 g/mol. The molecule has 1 aromatic heterocycles. The molecule has 0 aromatic carbocycles. The minimum Gasteiger partial charge on any atom is -0.378 e. The first-order valence-corrected chi connectivity index (χ1v) is 6.23. The first kappa shape index (κ1) is 13.0. The monoisotopic (exact) mass is 252 g/mol. The van der Waals surface area contributed by atoms with E-state index in [9.17, 15) is 9.18 Å². The second-order valence-electron chi connectivity index (χ2n) is 4.29. The van der Waals surface area contributed by atoms with E-state index in [-0.39, 0.29) is 17.6 Å². The van der Waals surface area contributed by atoms with E-state index in [1.54, 1.807) is 11.0 Å². The Balaban J connectivity index is 1.98. The summed E-state index contributed by atoms with van der Waals surface area (Å²) in [5.74, 6) is -0.981. The molecule has 5 heteroatoms. The molecule has 0 atom stereocenters. The van der Waals surface area contributed by atoms with Crippen molar-refractivity contribution in [1.82, 2.24) is 9.88 Å². The van der Waals surface area contributed by atoms with Gasteiger partial charge in [-0.2, -0.15) is 4.39 Å². The SMILES string of the molecule is CCOC1CCN(C(=O)c2cccnc2F)CC1. The van der Waals surface area contributed by atoms with E-state index < -0.39 is 5.95 Å². The lowest BCUT2D eigenvalue weighted by Gasteiger charge is -2.31. The maximum Gasteiger partial charge on any atom is 0.258 e. The van der Waals surface area contributed by atoms with E-state index in [0.717, 1.165) is 12.8 Å². The molecule has 0 radical (unpaired) electrons. The lowest BCUT2D eigenvalue weighted by atomic mass is 10.1. The summed E-state index contributed by atoms with van der Waals surface area (Å²) in [7, 11) is 0. The average Bonchev–Trinajstić information content (AvgIpc) is 2.40. The van der Waals surface area contributed by atoms with Gasteiger partial charge in [0, 0.05) is 25.9 Å². The quantitative estimate of drug-likeness (QED) is 0.771. The zero-order chi connectivity index (χ0) is 13.0. The highest BCUT2D eigenvalue weighted by molar-refractivity contribution is 5.94. The van der Waals surface area contributed by atoms with E-state index in [2.05, 4.69) is 4.98 Å². The highest BCUT2D eigenvalue weighted by Gasteiger charge is 2.25. The molecule has 0 aliphatic carbocycles. The van der Waals surface area contributed by atoms with Crippen molar-refractivity contribution in [1.29, 1.82) is 0 Å². The molecule has 2 rings (SSSR count). The molecule has 0 saturated carbocycles. The second kappa shape index (κ2) is 5.91. The van der Waals surface area contributed by atoms with Crippen LogP contribution in [0.5, 0.6) is 0 Å². The molecule has 0 bridgehead atoms. The Hall–Kier alpha value is -1.49. The summed E-state index contributed by atoms with van der Waals surface area (Å²) >= 11 is 0.